The predicted octanol–water partition coefficient (Wildman–Crippen LogP) is 5.44. The van der Waals surface area contributed by atoms with Crippen molar-refractivity contribution >= 4 is 57.8 Å². The van der Waals surface area contributed by atoms with Crippen molar-refractivity contribution in [2.24, 2.45) is 11.3 Å². The summed E-state index contributed by atoms with van der Waals surface area (Å²) < 4.78 is 12.5. The molecule has 1 aliphatic heterocycles. The fourth-order valence-electron chi connectivity index (χ4n) is 5.76. The number of likely N-dealkylation sites (tertiary alicyclic amines) is 1. The highest BCUT2D eigenvalue weighted by molar-refractivity contribution is 7.19. The Labute approximate surface area is 287 Å². The Bertz CT molecular complexity index is 1770. The number of thiophene rings is 1. The number of halogens is 1. The molecule has 3 N–H and O–H groups in total. The van der Waals surface area contributed by atoms with Gasteiger partial charge in [0.1, 0.15) is 35.0 Å². The molecule has 3 aromatic rings. The van der Waals surface area contributed by atoms with Gasteiger partial charge in [-0.2, -0.15) is 0 Å². The van der Waals surface area contributed by atoms with Gasteiger partial charge in [0.15, 0.2) is 0 Å². The van der Waals surface area contributed by atoms with Crippen molar-refractivity contribution in [3.8, 4) is 16.5 Å². The van der Waals surface area contributed by atoms with Crippen LogP contribution in [0.25, 0.3) is 21.6 Å². The summed E-state index contributed by atoms with van der Waals surface area (Å²) in [7, 11) is 0. The molecule has 1 unspecified atom stereocenters. The van der Waals surface area contributed by atoms with E-state index in [1.165, 1.54) is 22.3 Å². The van der Waals surface area contributed by atoms with Gasteiger partial charge < -0.3 is 30.1 Å². The molecular weight excluding hydrogens is 658 g/mol. The number of rotatable bonds is 9. The minimum Gasteiger partial charge on any atom is -0.479 e. The van der Waals surface area contributed by atoms with Crippen LogP contribution >= 0.6 is 22.9 Å². The number of fused-ring (bicyclic) bond motifs is 1. The van der Waals surface area contributed by atoms with Crippen molar-refractivity contribution in [3.05, 3.63) is 53.4 Å². The minimum absolute atomic E-state index is 0.0223. The van der Waals surface area contributed by atoms with Crippen LogP contribution in [0.15, 0.2) is 49.1 Å². The Hall–Kier alpha value is -4.23. The molecule has 5 rings (SSSR count). The average molecular weight is 698 g/mol. The lowest BCUT2D eigenvalue weighted by molar-refractivity contribution is -0.146. The molecule has 0 bridgehead atoms. The van der Waals surface area contributed by atoms with E-state index in [2.05, 4.69) is 17.2 Å². The standard InChI is InChI=1S/C34H40ClN5O7S/c1-8-18-16-34(18,30(43)44)39-27(41)22-15-19(17-40(22)29(42)26(32(2,3)4)38-31(45)47-33(5,6)7)46-28-25(23-13-14-24(35)48-23)36-20-11-9-10-12-21(20)37-28/h8-14,18-19,22,26H,1,15-17H2,2-7H3,(H,38,45)(H,39,41)(H,43,44)/t18-,19-,22+,26-,34?/m1/s1. The lowest BCUT2D eigenvalue weighted by atomic mass is 9.85. The predicted molar refractivity (Wildman–Crippen MR) is 182 cm³/mol. The molecule has 0 spiro atoms. The van der Waals surface area contributed by atoms with Gasteiger partial charge in [0.25, 0.3) is 0 Å². The van der Waals surface area contributed by atoms with Crippen LogP contribution in [0.5, 0.6) is 5.88 Å². The van der Waals surface area contributed by atoms with Gasteiger partial charge in [-0.05, 0) is 56.9 Å². The fraction of sp³-hybridized carbons (Fsp3) is 0.471. The molecule has 0 radical (unpaired) electrons. The number of amides is 3. The number of aliphatic carboxylic acids is 1. The van der Waals surface area contributed by atoms with Crippen LogP contribution < -0.4 is 15.4 Å². The van der Waals surface area contributed by atoms with E-state index in [4.69, 9.17) is 31.0 Å². The third-order valence-corrected chi connectivity index (χ3v) is 9.51. The van der Waals surface area contributed by atoms with E-state index in [0.717, 1.165) is 4.88 Å². The van der Waals surface area contributed by atoms with Crippen molar-refractivity contribution in [3.63, 3.8) is 0 Å². The number of carbonyl (C=O) groups excluding carboxylic acids is 3. The summed E-state index contributed by atoms with van der Waals surface area (Å²) in [5, 5.41) is 15.4. The number of para-hydroxylation sites is 2. The van der Waals surface area contributed by atoms with E-state index in [1.54, 1.807) is 53.7 Å². The smallest absolute Gasteiger partial charge is 0.408 e. The van der Waals surface area contributed by atoms with Gasteiger partial charge in [0, 0.05) is 12.3 Å². The first kappa shape index (κ1) is 35.1. The van der Waals surface area contributed by atoms with Crippen LogP contribution in [0.2, 0.25) is 4.34 Å². The number of carboxylic acid groups (broad SMARTS) is 1. The summed E-state index contributed by atoms with van der Waals surface area (Å²) in [5.74, 6) is -2.65. The maximum absolute atomic E-state index is 14.4. The summed E-state index contributed by atoms with van der Waals surface area (Å²) in [6.07, 6.45) is 0.170. The largest absolute Gasteiger partial charge is 0.479 e. The number of benzene rings is 1. The zero-order valence-electron chi connectivity index (χ0n) is 27.7. The molecule has 1 aliphatic carbocycles. The monoisotopic (exact) mass is 697 g/mol. The van der Waals surface area contributed by atoms with Crippen LogP contribution in [0.4, 0.5) is 4.79 Å². The highest BCUT2D eigenvalue weighted by Crippen LogP contribution is 2.45. The lowest BCUT2D eigenvalue weighted by Gasteiger charge is -2.35. The SMILES string of the molecule is C=C[C@@H]1CC1(NC(=O)[C@@H]1C[C@@H](Oc2nc3ccccc3nc2-c2ccc(Cl)s2)CN1C(=O)[C@@H](NC(=O)OC(C)(C)C)C(C)(C)C)C(=O)O. The first-order chi connectivity index (χ1) is 22.4. The molecule has 14 heteroatoms. The van der Waals surface area contributed by atoms with Crippen molar-refractivity contribution in [2.45, 2.75) is 83.7 Å². The topological polar surface area (TPSA) is 160 Å². The summed E-state index contributed by atoms with van der Waals surface area (Å²) in [6.45, 7) is 14.1. The highest BCUT2D eigenvalue weighted by Gasteiger charge is 2.61. The number of carboxylic acids is 1. The molecule has 3 amide bonds. The average Bonchev–Trinajstić information content (AvgIpc) is 3.28. The van der Waals surface area contributed by atoms with Gasteiger partial charge in [0.2, 0.25) is 17.7 Å². The molecule has 256 valence electrons. The molecular formula is C34H40ClN5O7S. The number of carbonyl (C=O) groups is 4. The molecule has 2 aliphatic rings. The number of aromatic nitrogens is 2. The number of ether oxygens (including phenoxy) is 2. The Balaban J connectivity index is 1.49. The molecule has 5 atom stereocenters. The van der Waals surface area contributed by atoms with Gasteiger partial charge in [-0.25, -0.2) is 19.6 Å². The zero-order chi connectivity index (χ0) is 35.2. The van der Waals surface area contributed by atoms with E-state index in [-0.39, 0.29) is 25.3 Å². The maximum atomic E-state index is 14.4. The van der Waals surface area contributed by atoms with Crippen molar-refractivity contribution in [1.29, 1.82) is 0 Å². The van der Waals surface area contributed by atoms with Crippen molar-refractivity contribution < 1.29 is 33.8 Å². The molecule has 2 aromatic heterocycles. The third-order valence-electron chi connectivity index (χ3n) is 8.27. The molecule has 3 heterocycles. The Kier molecular flexibility index (Phi) is 9.50. The van der Waals surface area contributed by atoms with E-state index < -0.39 is 64.5 Å². The Morgan fingerprint density at radius 1 is 1.10 bits per heavy atom. The van der Waals surface area contributed by atoms with E-state index in [1.807, 2.05) is 24.3 Å². The zero-order valence-corrected chi connectivity index (χ0v) is 29.3. The third kappa shape index (κ3) is 7.41. The van der Waals surface area contributed by atoms with Gasteiger partial charge in [0.05, 0.1) is 26.8 Å². The number of nitrogens with zero attached hydrogens (tertiary/aromatic N) is 3. The van der Waals surface area contributed by atoms with Crippen LogP contribution in [0.1, 0.15) is 54.4 Å². The summed E-state index contributed by atoms with van der Waals surface area (Å²) in [4.78, 5) is 65.0. The molecule has 1 saturated carbocycles. The van der Waals surface area contributed by atoms with Gasteiger partial charge in [-0.3, -0.25) is 9.59 Å². The van der Waals surface area contributed by atoms with Crippen molar-refractivity contribution in [1.82, 2.24) is 25.5 Å². The number of hydrogen-bond donors (Lipinski definition) is 3. The van der Waals surface area contributed by atoms with Gasteiger partial charge >= 0.3 is 12.1 Å². The van der Waals surface area contributed by atoms with E-state index >= 15 is 0 Å². The van der Waals surface area contributed by atoms with E-state index in [0.29, 0.717) is 21.1 Å². The van der Waals surface area contributed by atoms with Crippen LogP contribution in [0, 0.1) is 11.3 Å². The van der Waals surface area contributed by atoms with Gasteiger partial charge in [-0.15, -0.1) is 17.9 Å². The summed E-state index contributed by atoms with van der Waals surface area (Å²) in [5.41, 5.74) is -1.44. The second-order valence-corrected chi connectivity index (χ2v) is 15.9. The second-order valence-electron chi connectivity index (χ2n) is 14.2. The first-order valence-electron chi connectivity index (χ1n) is 15.6. The molecule has 1 saturated heterocycles. The summed E-state index contributed by atoms with van der Waals surface area (Å²) >= 11 is 7.56. The highest BCUT2D eigenvalue weighted by atomic mass is 35.5. The maximum Gasteiger partial charge on any atom is 0.408 e. The van der Waals surface area contributed by atoms with E-state index in [9.17, 15) is 24.3 Å². The second kappa shape index (κ2) is 13.0. The minimum atomic E-state index is -1.51. The van der Waals surface area contributed by atoms with Crippen LogP contribution in [0.3, 0.4) is 0 Å². The summed E-state index contributed by atoms with van der Waals surface area (Å²) in [6, 6.07) is 8.65. The number of hydrogen-bond acceptors (Lipinski definition) is 9. The molecule has 12 nitrogen and oxygen atoms in total. The number of nitrogens with one attached hydrogen (secondary N) is 2. The van der Waals surface area contributed by atoms with Crippen LogP contribution in [-0.4, -0.2) is 79.7 Å². The molecule has 48 heavy (non-hydrogen) atoms. The normalized spacial score (nSPS) is 22.9. The van der Waals surface area contributed by atoms with Crippen LogP contribution in [-0.2, 0) is 19.1 Å². The lowest BCUT2D eigenvalue weighted by Crippen LogP contribution is -2.59. The molecule has 2 fully saturated rings. The Morgan fingerprint density at radius 2 is 1.77 bits per heavy atom. The first-order valence-corrected chi connectivity index (χ1v) is 16.8. The van der Waals surface area contributed by atoms with Gasteiger partial charge in [-0.1, -0.05) is 50.6 Å². The molecule has 1 aromatic carbocycles. The quantitative estimate of drug-likeness (QED) is 0.247. The van der Waals surface area contributed by atoms with Crippen molar-refractivity contribution in [2.75, 3.05) is 6.54 Å². The Morgan fingerprint density at radius 3 is 2.31 bits per heavy atom. The fourth-order valence-corrected chi connectivity index (χ4v) is 6.78. The number of alkyl carbamates (subject to hydrolysis) is 1.